The summed E-state index contributed by atoms with van der Waals surface area (Å²) in [5.74, 6) is -0.0672. The fraction of sp³-hybridized carbons (Fsp3) is 0.417. The van der Waals surface area contributed by atoms with Gasteiger partial charge >= 0.3 is 0 Å². The van der Waals surface area contributed by atoms with E-state index in [9.17, 15) is 4.79 Å². The van der Waals surface area contributed by atoms with Crippen LogP contribution in [0.1, 0.15) is 20.3 Å². The maximum Gasteiger partial charge on any atom is 0.221 e. The summed E-state index contributed by atoms with van der Waals surface area (Å²) in [7, 11) is 0. The zero-order valence-electron chi connectivity index (χ0n) is 9.79. The average Bonchev–Trinajstić information content (AvgIpc) is 2.25. The Labute approximate surface area is 96.2 Å². The summed E-state index contributed by atoms with van der Waals surface area (Å²) >= 11 is 0. The van der Waals surface area contributed by atoms with Gasteiger partial charge in [0.2, 0.25) is 5.91 Å². The summed E-state index contributed by atoms with van der Waals surface area (Å²) in [5.41, 5.74) is 7.57. The third-order valence-corrected chi connectivity index (χ3v) is 2.28. The lowest BCUT2D eigenvalue weighted by Gasteiger charge is -2.12. The predicted octanol–water partition coefficient (Wildman–Crippen LogP) is 1.79. The van der Waals surface area contributed by atoms with Crippen molar-refractivity contribution >= 4 is 17.3 Å². The quantitative estimate of drug-likeness (QED) is 0.710. The Bertz CT molecular complexity index is 352. The number of rotatable bonds is 5. The molecule has 0 aliphatic heterocycles. The van der Waals surface area contributed by atoms with Gasteiger partial charge in [-0.1, -0.05) is 13.0 Å². The van der Waals surface area contributed by atoms with Gasteiger partial charge in [0.25, 0.3) is 0 Å². The highest BCUT2D eigenvalue weighted by Gasteiger charge is 2.00. The summed E-state index contributed by atoms with van der Waals surface area (Å²) in [6, 6.07) is 7.75. The number of nitrogens with two attached hydrogens (primary N) is 1. The smallest absolute Gasteiger partial charge is 0.221 e. The van der Waals surface area contributed by atoms with Crippen molar-refractivity contribution < 1.29 is 4.79 Å². The van der Waals surface area contributed by atoms with E-state index in [1.165, 1.54) is 6.92 Å². The molecule has 0 aromatic heterocycles. The van der Waals surface area contributed by atoms with E-state index in [1.54, 1.807) is 0 Å². The maximum atomic E-state index is 10.9. The number of hydrogen-bond donors (Lipinski definition) is 3. The molecule has 88 valence electrons. The van der Waals surface area contributed by atoms with E-state index in [4.69, 9.17) is 5.73 Å². The maximum absolute atomic E-state index is 10.9. The van der Waals surface area contributed by atoms with Crippen LogP contribution < -0.4 is 16.4 Å². The van der Waals surface area contributed by atoms with Gasteiger partial charge in [-0.05, 0) is 24.6 Å². The van der Waals surface area contributed by atoms with Gasteiger partial charge in [0.1, 0.15) is 0 Å². The minimum atomic E-state index is -0.0672. The molecule has 4 nitrogen and oxygen atoms in total. The van der Waals surface area contributed by atoms with Crippen LogP contribution in [-0.2, 0) is 4.79 Å². The molecule has 0 aliphatic carbocycles. The SMILES string of the molecule is CCC(N)CNc1cccc(NC(C)=O)c1. The van der Waals surface area contributed by atoms with Crippen LogP contribution >= 0.6 is 0 Å². The van der Waals surface area contributed by atoms with Gasteiger partial charge < -0.3 is 16.4 Å². The molecule has 0 bridgehead atoms. The van der Waals surface area contributed by atoms with E-state index >= 15 is 0 Å². The fourth-order valence-corrected chi connectivity index (χ4v) is 1.30. The van der Waals surface area contributed by atoms with E-state index < -0.39 is 0 Å². The molecule has 0 spiro atoms. The molecule has 0 saturated carbocycles. The Morgan fingerprint density at radius 1 is 1.44 bits per heavy atom. The summed E-state index contributed by atoms with van der Waals surface area (Å²) in [4.78, 5) is 10.9. The first-order chi connectivity index (χ1) is 7.61. The lowest BCUT2D eigenvalue weighted by molar-refractivity contribution is -0.114. The number of nitrogens with one attached hydrogen (secondary N) is 2. The van der Waals surface area contributed by atoms with Crippen LogP contribution in [0.25, 0.3) is 0 Å². The van der Waals surface area contributed by atoms with Gasteiger partial charge in [-0.15, -0.1) is 0 Å². The summed E-state index contributed by atoms with van der Waals surface area (Å²) in [6.45, 7) is 4.28. The van der Waals surface area contributed by atoms with Crippen LogP contribution in [0.15, 0.2) is 24.3 Å². The molecule has 0 fully saturated rings. The number of carbonyl (C=O) groups is 1. The highest BCUT2D eigenvalue weighted by Crippen LogP contribution is 2.14. The molecule has 1 amide bonds. The Morgan fingerprint density at radius 2 is 2.12 bits per heavy atom. The number of amides is 1. The van der Waals surface area contributed by atoms with Crippen molar-refractivity contribution in [2.75, 3.05) is 17.2 Å². The Kier molecular flexibility index (Phi) is 4.79. The number of carbonyl (C=O) groups excluding carboxylic acids is 1. The molecule has 1 aromatic carbocycles. The van der Waals surface area contributed by atoms with Crippen LogP contribution in [0.3, 0.4) is 0 Å². The predicted molar refractivity (Wildman–Crippen MR) is 67.5 cm³/mol. The summed E-state index contributed by atoms with van der Waals surface area (Å²) < 4.78 is 0. The van der Waals surface area contributed by atoms with Crippen LogP contribution in [0.4, 0.5) is 11.4 Å². The van der Waals surface area contributed by atoms with Gasteiger partial charge in [0, 0.05) is 30.9 Å². The second kappa shape index (κ2) is 6.12. The van der Waals surface area contributed by atoms with Gasteiger partial charge in [0.05, 0.1) is 0 Å². The van der Waals surface area contributed by atoms with E-state index in [0.29, 0.717) is 0 Å². The van der Waals surface area contributed by atoms with Crippen molar-refractivity contribution in [1.29, 1.82) is 0 Å². The van der Waals surface area contributed by atoms with Crippen LogP contribution in [0.2, 0.25) is 0 Å². The second-order valence-electron chi connectivity index (χ2n) is 3.81. The molecule has 0 radical (unpaired) electrons. The average molecular weight is 221 g/mol. The topological polar surface area (TPSA) is 67.2 Å². The van der Waals surface area contributed by atoms with Gasteiger partial charge in [0.15, 0.2) is 0 Å². The highest BCUT2D eigenvalue weighted by atomic mass is 16.1. The third-order valence-electron chi connectivity index (χ3n) is 2.28. The minimum absolute atomic E-state index is 0.0672. The molecular formula is C12H19N3O. The summed E-state index contributed by atoms with van der Waals surface area (Å²) in [5, 5.41) is 5.97. The number of anilines is 2. The number of hydrogen-bond acceptors (Lipinski definition) is 3. The minimum Gasteiger partial charge on any atom is -0.383 e. The molecule has 1 aromatic rings. The van der Waals surface area contributed by atoms with Crippen LogP contribution in [0, 0.1) is 0 Å². The van der Waals surface area contributed by atoms with Gasteiger partial charge in [-0.25, -0.2) is 0 Å². The monoisotopic (exact) mass is 221 g/mol. The molecule has 4 heteroatoms. The third kappa shape index (κ3) is 4.31. The van der Waals surface area contributed by atoms with Crippen molar-refractivity contribution in [1.82, 2.24) is 0 Å². The fourth-order valence-electron chi connectivity index (χ4n) is 1.30. The van der Waals surface area contributed by atoms with Crippen molar-refractivity contribution in [2.24, 2.45) is 5.73 Å². The van der Waals surface area contributed by atoms with E-state index in [-0.39, 0.29) is 11.9 Å². The Hall–Kier alpha value is -1.55. The second-order valence-corrected chi connectivity index (χ2v) is 3.81. The van der Waals surface area contributed by atoms with Crippen molar-refractivity contribution in [3.05, 3.63) is 24.3 Å². The first kappa shape index (κ1) is 12.5. The van der Waals surface area contributed by atoms with Crippen LogP contribution in [0.5, 0.6) is 0 Å². The number of benzene rings is 1. The van der Waals surface area contributed by atoms with Gasteiger partial charge in [-0.3, -0.25) is 4.79 Å². The lowest BCUT2D eigenvalue weighted by atomic mass is 10.2. The molecule has 0 heterocycles. The van der Waals surface area contributed by atoms with Crippen molar-refractivity contribution in [2.45, 2.75) is 26.3 Å². The molecule has 1 unspecified atom stereocenters. The molecule has 1 atom stereocenters. The Morgan fingerprint density at radius 3 is 2.75 bits per heavy atom. The standard InChI is InChI=1S/C12H19N3O/c1-3-10(13)8-14-11-5-4-6-12(7-11)15-9(2)16/h4-7,10,14H,3,8,13H2,1-2H3,(H,15,16). The molecule has 0 saturated heterocycles. The molecule has 16 heavy (non-hydrogen) atoms. The largest absolute Gasteiger partial charge is 0.383 e. The molecule has 4 N–H and O–H groups in total. The van der Waals surface area contributed by atoms with Gasteiger partial charge in [-0.2, -0.15) is 0 Å². The normalized spacial score (nSPS) is 11.9. The highest BCUT2D eigenvalue weighted by molar-refractivity contribution is 5.89. The summed E-state index contributed by atoms with van der Waals surface area (Å²) in [6.07, 6.45) is 0.943. The van der Waals surface area contributed by atoms with Crippen molar-refractivity contribution in [3.63, 3.8) is 0 Å². The molecule has 0 aliphatic rings. The van der Waals surface area contributed by atoms with Crippen LogP contribution in [-0.4, -0.2) is 18.5 Å². The van der Waals surface area contributed by atoms with E-state index in [1.807, 2.05) is 24.3 Å². The first-order valence-corrected chi connectivity index (χ1v) is 5.49. The molecule has 1 rings (SSSR count). The van der Waals surface area contributed by atoms with Crippen molar-refractivity contribution in [3.8, 4) is 0 Å². The lowest BCUT2D eigenvalue weighted by Crippen LogP contribution is -2.27. The Balaban J connectivity index is 2.56. The van der Waals surface area contributed by atoms with E-state index in [0.717, 1.165) is 24.3 Å². The van der Waals surface area contributed by atoms with E-state index in [2.05, 4.69) is 17.6 Å². The zero-order valence-corrected chi connectivity index (χ0v) is 9.79. The molecular weight excluding hydrogens is 202 g/mol. The zero-order chi connectivity index (χ0) is 12.0. The first-order valence-electron chi connectivity index (χ1n) is 5.49.